The Balaban J connectivity index is 1.80. The number of fused-ring (bicyclic) bond motifs is 3. The first kappa shape index (κ1) is 20.5. The smallest absolute Gasteiger partial charge is 0.337 e. The summed E-state index contributed by atoms with van der Waals surface area (Å²) in [5.41, 5.74) is 4.68. The third kappa shape index (κ3) is 3.61. The van der Waals surface area contributed by atoms with Crippen molar-refractivity contribution in [1.82, 2.24) is 14.4 Å². The van der Waals surface area contributed by atoms with Crippen LogP contribution in [-0.4, -0.2) is 41.7 Å². The molecule has 0 unspecified atom stereocenters. The molecular weight excluding hydrogens is 396 g/mol. The van der Waals surface area contributed by atoms with E-state index in [9.17, 15) is 4.79 Å². The van der Waals surface area contributed by atoms with E-state index < -0.39 is 5.97 Å². The highest BCUT2D eigenvalue weighted by molar-refractivity contribution is 5.95. The van der Waals surface area contributed by atoms with Crippen molar-refractivity contribution in [3.8, 4) is 11.5 Å². The number of aromatic nitrogens is 3. The summed E-state index contributed by atoms with van der Waals surface area (Å²) in [5.74, 6) is 2.59. The average Bonchev–Trinajstić information content (AvgIpc) is 3.10. The number of esters is 1. The summed E-state index contributed by atoms with van der Waals surface area (Å²) in [6.45, 7) is 4.38. The number of aryl methyl sites for hydroxylation is 2. The number of benzene rings is 2. The molecule has 2 heterocycles. The number of hydrogen-bond acceptors (Lipinski definition) is 7. The normalized spacial score (nSPS) is 11.0. The van der Waals surface area contributed by atoms with Gasteiger partial charge >= 0.3 is 5.97 Å². The van der Waals surface area contributed by atoms with E-state index in [0.29, 0.717) is 17.9 Å². The lowest BCUT2D eigenvalue weighted by Gasteiger charge is -2.14. The molecule has 4 rings (SSSR count). The summed E-state index contributed by atoms with van der Waals surface area (Å²) in [6, 6.07) is 11.0. The third-order valence-electron chi connectivity index (χ3n) is 5.25. The topological polar surface area (TPSA) is 87.0 Å². The highest BCUT2D eigenvalue weighted by atomic mass is 16.5. The fourth-order valence-corrected chi connectivity index (χ4v) is 3.76. The summed E-state index contributed by atoms with van der Waals surface area (Å²) in [6.07, 6.45) is 0. The maximum absolute atomic E-state index is 12.0. The van der Waals surface area contributed by atoms with Gasteiger partial charge in [0.1, 0.15) is 22.8 Å². The molecule has 0 saturated heterocycles. The number of carbonyl (C=O) groups excluding carboxylic acids is 1. The van der Waals surface area contributed by atoms with E-state index in [2.05, 4.69) is 10.3 Å². The van der Waals surface area contributed by atoms with Crippen molar-refractivity contribution >= 4 is 28.3 Å². The predicted octanol–water partition coefficient (Wildman–Crippen LogP) is 3.92. The fourth-order valence-electron chi connectivity index (χ4n) is 3.76. The Morgan fingerprint density at radius 3 is 2.55 bits per heavy atom. The van der Waals surface area contributed by atoms with Crippen LogP contribution in [0.1, 0.15) is 27.4 Å². The molecule has 0 aliphatic rings. The largest absolute Gasteiger partial charge is 0.497 e. The van der Waals surface area contributed by atoms with Gasteiger partial charge in [-0.05, 0) is 44.2 Å². The monoisotopic (exact) mass is 420 g/mol. The Morgan fingerprint density at radius 1 is 1.03 bits per heavy atom. The number of methoxy groups -OCH3 is 3. The molecule has 4 aromatic rings. The van der Waals surface area contributed by atoms with Gasteiger partial charge in [-0.15, -0.1) is 0 Å². The first-order valence-electron chi connectivity index (χ1n) is 9.79. The molecule has 8 heteroatoms. The van der Waals surface area contributed by atoms with E-state index in [-0.39, 0.29) is 0 Å². The molecule has 31 heavy (non-hydrogen) atoms. The van der Waals surface area contributed by atoms with Crippen LogP contribution >= 0.6 is 0 Å². The first-order chi connectivity index (χ1) is 15.0. The maximum atomic E-state index is 12.0. The van der Waals surface area contributed by atoms with Crippen molar-refractivity contribution in [1.29, 1.82) is 0 Å². The van der Waals surface area contributed by atoms with Crippen LogP contribution in [0.2, 0.25) is 0 Å². The second kappa shape index (κ2) is 8.14. The molecule has 0 atom stereocenters. The molecule has 0 saturated carbocycles. The van der Waals surface area contributed by atoms with Crippen LogP contribution in [0, 0.1) is 13.8 Å². The quantitative estimate of drug-likeness (QED) is 0.473. The number of anilines is 1. The summed E-state index contributed by atoms with van der Waals surface area (Å²) in [5, 5.41) is 3.43. The van der Waals surface area contributed by atoms with Gasteiger partial charge in [0.25, 0.3) is 0 Å². The second-order valence-electron chi connectivity index (χ2n) is 7.12. The average molecular weight is 420 g/mol. The molecule has 2 aromatic carbocycles. The molecule has 0 aliphatic carbocycles. The van der Waals surface area contributed by atoms with Crippen molar-refractivity contribution in [2.75, 3.05) is 26.6 Å². The Bertz CT molecular complexity index is 1300. The number of nitrogens with one attached hydrogen (secondary N) is 1. The zero-order chi connectivity index (χ0) is 22.1. The van der Waals surface area contributed by atoms with Crippen LogP contribution in [0.5, 0.6) is 11.5 Å². The highest BCUT2D eigenvalue weighted by Gasteiger charge is 2.17. The van der Waals surface area contributed by atoms with E-state index >= 15 is 0 Å². The Kier molecular flexibility index (Phi) is 5.37. The van der Waals surface area contributed by atoms with Crippen LogP contribution in [-0.2, 0) is 11.3 Å². The van der Waals surface area contributed by atoms with Crippen molar-refractivity contribution in [3.05, 3.63) is 59.0 Å². The van der Waals surface area contributed by atoms with Gasteiger partial charge in [-0.1, -0.05) is 0 Å². The number of imidazole rings is 1. The maximum Gasteiger partial charge on any atom is 0.337 e. The summed E-state index contributed by atoms with van der Waals surface area (Å²) < 4.78 is 17.7. The number of nitrogens with zero attached hydrogens (tertiary/aromatic N) is 3. The molecule has 160 valence electrons. The van der Waals surface area contributed by atoms with Gasteiger partial charge in [0.15, 0.2) is 5.82 Å². The Labute approximate surface area is 179 Å². The molecule has 8 nitrogen and oxygen atoms in total. The van der Waals surface area contributed by atoms with Gasteiger partial charge in [0.05, 0.1) is 43.6 Å². The van der Waals surface area contributed by atoms with E-state index in [0.717, 1.165) is 45.1 Å². The third-order valence-corrected chi connectivity index (χ3v) is 5.25. The molecule has 0 fully saturated rings. The summed E-state index contributed by atoms with van der Waals surface area (Å²) in [4.78, 5) is 21.5. The van der Waals surface area contributed by atoms with Gasteiger partial charge in [0, 0.05) is 18.2 Å². The molecule has 2 aromatic heterocycles. The zero-order valence-electron chi connectivity index (χ0n) is 18.1. The molecule has 0 spiro atoms. The van der Waals surface area contributed by atoms with Crippen molar-refractivity contribution in [3.63, 3.8) is 0 Å². The molecule has 0 amide bonds. The Morgan fingerprint density at radius 2 is 1.84 bits per heavy atom. The van der Waals surface area contributed by atoms with Gasteiger partial charge in [-0.2, -0.15) is 0 Å². The number of carbonyl (C=O) groups is 1. The molecule has 0 radical (unpaired) electrons. The minimum absolute atomic E-state index is 0.390. The van der Waals surface area contributed by atoms with E-state index in [1.54, 1.807) is 26.4 Å². The SMILES string of the molecule is COC(=O)c1ccc2nc(NCc3ccc(OC)cc3OC)c3c(C)nc(C)n3c2c1. The molecule has 1 N–H and O–H groups in total. The van der Waals surface area contributed by atoms with Crippen molar-refractivity contribution < 1.29 is 19.0 Å². The number of rotatable bonds is 6. The van der Waals surface area contributed by atoms with Gasteiger partial charge in [0.2, 0.25) is 0 Å². The number of hydrogen-bond donors (Lipinski definition) is 1. The van der Waals surface area contributed by atoms with E-state index in [4.69, 9.17) is 19.2 Å². The van der Waals surface area contributed by atoms with Crippen LogP contribution < -0.4 is 14.8 Å². The summed E-state index contributed by atoms with van der Waals surface area (Å²) >= 11 is 0. The first-order valence-corrected chi connectivity index (χ1v) is 9.79. The minimum atomic E-state index is -0.390. The molecular formula is C23H24N4O4. The molecule has 0 bridgehead atoms. The van der Waals surface area contributed by atoms with E-state index in [1.807, 2.05) is 42.5 Å². The lowest BCUT2D eigenvalue weighted by atomic mass is 10.1. The van der Waals surface area contributed by atoms with Gasteiger partial charge in [-0.3, -0.25) is 4.40 Å². The van der Waals surface area contributed by atoms with Crippen LogP contribution in [0.25, 0.3) is 16.6 Å². The van der Waals surface area contributed by atoms with Crippen molar-refractivity contribution in [2.24, 2.45) is 0 Å². The van der Waals surface area contributed by atoms with Gasteiger partial charge in [-0.25, -0.2) is 14.8 Å². The fraction of sp³-hybridized carbons (Fsp3) is 0.261. The number of ether oxygens (including phenoxy) is 3. The Hall–Kier alpha value is -3.81. The van der Waals surface area contributed by atoms with Crippen LogP contribution in [0.4, 0.5) is 5.82 Å². The summed E-state index contributed by atoms with van der Waals surface area (Å²) in [7, 11) is 4.63. The second-order valence-corrected chi connectivity index (χ2v) is 7.12. The lowest BCUT2D eigenvalue weighted by molar-refractivity contribution is 0.0601. The van der Waals surface area contributed by atoms with E-state index in [1.165, 1.54) is 7.11 Å². The lowest BCUT2D eigenvalue weighted by Crippen LogP contribution is -2.07. The van der Waals surface area contributed by atoms with Crippen LogP contribution in [0.3, 0.4) is 0 Å². The highest BCUT2D eigenvalue weighted by Crippen LogP contribution is 2.29. The minimum Gasteiger partial charge on any atom is -0.497 e. The van der Waals surface area contributed by atoms with Gasteiger partial charge < -0.3 is 19.5 Å². The zero-order valence-corrected chi connectivity index (χ0v) is 18.1. The van der Waals surface area contributed by atoms with Crippen molar-refractivity contribution in [2.45, 2.75) is 20.4 Å². The standard InChI is InChI=1S/C23H24N4O4/c1-13-21-22(24-12-16-6-8-17(29-3)11-20(16)30-4)26-18-9-7-15(23(28)31-5)10-19(18)27(21)14(2)25-13/h6-11H,12H2,1-5H3,(H,24,26). The molecule has 0 aliphatic heterocycles. The van der Waals surface area contributed by atoms with Crippen LogP contribution in [0.15, 0.2) is 36.4 Å². The predicted molar refractivity (Wildman–Crippen MR) is 118 cm³/mol.